The van der Waals surface area contributed by atoms with Crippen LogP contribution in [0.25, 0.3) is 0 Å². The summed E-state index contributed by atoms with van der Waals surface area (Å²) in [6.45, 7) is 4.55. The van der Waals surface area contributed by atoms with Crippen molar-refractivity contribution in [3.63, 3.8) is 0 Å². The zero-order chi connectivity index (χ0) is 14.0. The molecule has 0 fully saturated rings. The van der Waals surface area contributed by atoms with Crippen molar-refractivity contribution < 1.29 is 0 Å². The zero-order valence-corrected chi connectivity index (χ0v) is 16.1. The average Bonchev–Trinajstić information content (AvgIpc) is 2.43. The molecule has 0 unspecified atom stereocenters. The number of rotatable bonds is 16. The Morgan fingerprint density at radius 1 is 0.421 bits per heavy atom. The number of unbranched alkanes of at least 4 members (excludes halogenated alkanes) is 2. The average molecular weight is 341 g/mol. The van der Waals surface area contributed by atoms with E-state index in [2.05, 4.69) is 60.9 Å². The van der Waals surface area contributed by atoms with E-state index in [4.69, 9.17) is 0 Å². The van der Waals surface area contributed by atoms with Gasteiger partial charge >= 0.3 is 0 Å². The van der Waals surface area contributed by atoms with Gasteiger partial charge in [0.05, 0.1) is 0 Å². The second-order valence-corrected chi connectivity index (χ2v) is 9.41. The van der Waals surface area contributed by atoms with Crippen molar-refractivity contribution in [2.75, 3.05) is 46.0 Å². The van der Waals surface area contributed by atoms with Gasteiger partial charge < -0.3 is 0 Å². The lowest BCUT2D eigenvalue weighted by Crippen LogP contribution is -1.92. The molecule has 19 heavy (non-hydrogen) atoms. The summed E-state index contributed by atoms with van der Waals surface area (Å²) in [6.07, 6.45) is 6.86. The minimum absolute atomic E-state index is 1.34. The van der Waals surface area contributed by atoms with Gasteiger partial charge in [0, 0.05) is 23.0 Å². The van der Waals surface area contributed by atoms with Crippen molar-refractivity contribution in [3.05, 3.63) is 0 Å². The molecule has 0 heterocycles. The van der Waals surface area contributed by atoms with E-state index in [9.17, 15) is 0 Å². The topological polar surface area (TPSA) is 0 Å². The van der Waals surface area contributed by atoms with Crippen molar-refractivity contribution in [1.82, 2.24) is 0 Å². The van der Waals surface area contributed by atoms with Gasteiger partial charge in [0.25, 0.3) is 0 Å². The van der Waals surface area contributed by atoms with Gasteiger partial charge in [-0.2, -0.15) is 47.0 Å². The normalized spacial score (nSPS) is 11.1. The summed E-state index contributed by atoms with van der Waals surface area (Å²) in [6, 6.07) is 0. The summed E-state index contributed by atoms with van der Waals surface area (Å²) in [5, 5.41) is 0. The molecular formula is C15H32S4. The largest absolute Gasteiger partial charge is 0.161 e. The van der Waals surface area contributed by atoms with Gasteiger partial charge in [-0.3, -0.25) is 0 Å². The van der Waals surface area contributed by atoms with Crippen molar-refractivity contribution in [2.45, 2.75) is 46.0 Å². The summed E-state index contributed by atoms with van der Waals surface area (Å²) < 4.78 is 0. The lowest BCUT2D eigenvalue weighted by molar-refractivity contribution is 0.896. The predicted molar refractivity (Wildman–Crippen MR) is 104 cm³/mol. The van der Waals surface area contributed by atoms with Crippen molar-refractivity contribution in [1.29, 1.82) is 0 Å². The molecule has 4 heteroatoms. The van der Waals surface area contributed by atoms with Gasteiger partial charge in [-0.1, -0.05) is 26.7 Å². The maximum atomic E-state index is 2.27. The summed E-state index contributed by atoms with van der Waals surface area (Å²) in [7, 11) is 0. The molecule has 0 bridgehead atoms. The third-order valence-electron chi connectivity index (χ3n) is 2.61. The first-order valence-electron chi connectivity index (χ1n) is 7.72. The van der Waals surface area contributed by atoms with Gasteiger partial charge in [0.2, 0.25) is 0 Å². The molecule has 0 nitrogen and oxygen atoms in total. The van der Waals surface area contributed by atoms with Crippen LogP contribution in [0.5, 0.6) is 0 Å². The molecule has 0 aromatic heterocycles. The molecule has 0 aromatic rings. The van der Waals surface area contributed by atoms with E-state index in [1.165, 1.54) is 78.1 Å². The fourth-order valence-electron chi connectivity index (χ4n) is 1.40. The van der Waals surface area contributed by atoms with Crippen molar-refractivity contribution in [3.8, 4) is 0 Å². The summed E-state index contributed by atoms with van der Waals surface area (Å²) in [4.78, 5) is 0. The first kappa shape index (κ1) is 20.4. The van der Waals surface area contributed by atoms with Crippen LogP contribution in [-0.4, -0.2) is 46.0 Å². The highest BCUT2D eigenvalue weighted by atomic mass is 32.2. The molecule has 0 rings (SSSR count). The van der Waals surface area contributed by atoms with E-state index in [-0.39, 0.29) is 0 Å². The second-order valence-electron chi connectivity index (χ2n) is 4.51. The Morgan fingerprint density at radius 3 is 1.05 bits per heavy atom. The van der Waals surface area contributed by atoms with Gasteiger partial charge in [0.1, 0.15) is 0 Å². The maximum Gasteiger partial charge on any atom is 0.00235 e. The van der Waals surface area contributed by atoms with E-state index >= 15 is 0 Å². The Bertz CT molecular complexity index is 137. The number of hydrogen-bond donors (Lipinski definition) is 0. The molecule has 0 radical (unpaired) electrons. The monoisotopic (exact) mass is 340 g/mol. The predicted octanol–water partition coefficient (Wildman–Crippen LogP) is 5.91. The summed E-state index contributed by atoms with van der Waals surface area (Å²) in [5.41, 5.74) is 0. The maximum absolute atomic E-state index is 2.27. The van der Waals surface area contributed by atoms with Crippen LogP contribution in [0.4, 0.5) is 0 Å². The van der Waals surface area contributed by atoms with Crippen LogP contribution in [0.15, 0.2) is 0 Å². The SMILES string of the molecule is CCCCSCCSCCCSCCSCCCC. The van der Waals surface area contributed by atoms with E-state index < -0.39 is 0 Å². The van der Waals surface area contributed by atoms with E-state index in [0.717, 1.165) is 0 Å². The second kappa shape index (κ2) is 19.4. The van der Waals surface area contributed by atoms with Gasteiger partial charge in [-0.25, -0.2) is 0 Å². The fraction of sp³-hybridized carbons (Fsp3) is 1.00. The van der Waals surface area contributed by atoms with Crippen LogP contribution < -0.4 is 0 Å². The first-order chi connectivity index (χ1) is 9.41. The molecule has 0 saturated carbocycles. The third kappa shape index (κ3) is 19.4. The lowest BCUT2D eigenvalue weighted by atomic mass is 10.4. The zero-order valence-electron chi connectivity index (χ0n) is 12.8. The van der Waals surface area contributed by atoms with E-state index in [0.29, 0.717) is 0 Å². The van der Waals surface area contributed by atoms with Gasteiger partial charge in [0.15, 0.2) is 0 Å². The minimum atomic E-state index is 1.34. The molecule has 0 atom stereocenters. The molecule has 0 aliphatic rings. The molecule has 0 saturated heterocycles. The first-order valence-corrected chi connectivity index (χ1v) is 12.3. The Morgan fingerprint density at radius 2 is 0.737 bits per heavy atom. The molecule has 0 aliphatic heterocycles. The molecule has 0 amide bonds. The minimum Gasteiger partial charge on any atom is -0.161 e. The molecule has 0 spiro atoms. The quantitative estimate of drug-likeness (QED) is 0.320. The highest BCUT2D eigenvalue weighted by Gasteiger charge is 1.94. The van der Waals surface area contributed by atoms with Gasteiger partial charge in [-0.15, -0.1) is 0 Å². The molecule has 116 valence electrons. The summed E-state index contributed by atoms with van der Waals surface area (Å²) in [5.74, 6) is 10.9. The lowest BCUT2D eigenvalue weighted by Gasteiger charge is -2.03. The molecule has 0 aliphatic carbocycles. The third-order valence-corrected chi connectivity index (χ3v) is 7.40. The van der Waals surface area contributed by atoms with Crippen molar-refractivity contribution in [2.24, 2.45) is 0 Å². The van der Waals surface area contributed by atoms with E-state index in [1.54, 1.807) is 0 Å². The number of thioether (sulfide) groups is 4. The van der Waals surface area contributed by atoms with Crippen LogP contribution in [0.1, 0.15) is 46.0 Å². The highest BCUT2D eigenvalue weighted by molar-refractivity contribution is 8.03. The Balaban J connectivity index is 2.88. The Kier molecular flexibility index (Phi) is 20.8. The van der Waals surface area contributed by atoms with Crippen LogP contribution in [-0.2, 0) is 0 Å². The molecular weight excluding hydrogens is 308 g/mol. The van der Waals surface area contributed by atoms with Crippen LogP contribution in [0.2, 0.25) is 0 Å². The molecule has 0 N–H and O–H groups in total. The van der Waals surface area contributed by atoms with Crippen molar-refractivity contribution >= 4 is 47.0 Å². The van der Waals surface area contributed by atoms with E-state index in [1.807, 2.05) is 0 Å². The van der Waals surface area contributed by atoms with Crippen LogP contribution in [0.3, 0.4) is 0 Å². The summed E-state index contributed by atoms with van der Waals surface area (Å²) >= 11 is 8.55. The van der Waals surface area contributed by atoms with Crippen LogP contribution in [0, 0.1) is 0 Å². The Hall–Kier alpha value is 1.40. The standard InChI is InChI=1S/C15H32S4/c1-3-5-8-16-12-14-18-10-7-11-19-15-13-17-9-6-4-2/h3-15H2,1-2H3. The Labute approximate surface area is 138 Å². The van der Waals surface area contributed by atoms with Gasteiger partial charge in [-0.05, 0) is 42.3 Å². The van der Waals surface area contributed by atoms with Crippen LogP contribution >= 0.6 is 47.0 Å². The molecule has 0 aromatic carbocycles. The highest BCUT2D eigenvalue weighted by Crippen LogP contribution is 2.13. The fourth-order valence-corrected chi connectivity index (χ4v) is 5.97. The smallest absolute Gasteiger partial charge is 0.00235 e. The number of hydrogen-bond acceptors (Lipinski definition) is 4.